The van der Waals surface area contributed by atoms with Gasteiger partial charge in [-0.1, -0.05) is 20.8 Å². The van der Waals surface area contributed by atoms with Crippen LogP contribution in [0.5, 0.6) is 5.75 Å². The molecule has 1 heterocycles. The predicted octanol–water partition coefficient (Wildman–Crippen LogP) is 4.64. The molecule has 0 fully saturated rings. The smallest absolute Gasteiger partial charge is 0.243 e. The fourth-order valence-electron chi connectivity index (χ4n) is 4.13. The van der Waals surface area contributed by atoms with E-state index in [2.05, 4.69) is 42.8 Å². The van der Waals surface area contributed by atoms with Crippen molar-refractivity contribution in [3.63, 3.8) is 0 Å². The number of nitrogens with one attached hydrogen (secondary N) is 1. The van der Waals surface area contributed by atoms with Crippen molar-refractivity contribution in [2.24, 2.45) is 5.92 Å². The van der Waals surface area contributed by atoms with Gasteiger partial charge >= 0.3 is 0 Å². The zero-order valence-electron chi connectivity index (χ0n) is 16.6. The molecule has 1 N–H and O–H groups in total. The predicted molar refractivity (Wildman–Crippen MR) is 107 cm³/mol. The van der Waals surface area contributed by atoms with Gasteiger partial charge in [0.15, 0.2) is 0 Å². The molecule has 1 aliphatic carbocycles. The van der Waals surface area contributed by atoms with Gasteiger partial charge < -0.3 is 14.6 Å². The normalized spacial score (nSPS) is 15.1. The lowest BCUT2D eigenvalue weighted by Crippen LogP contribution is -2.34. The second-order valence-corrected chi connectivity index (χ2v) is 7.78. The summed E-state index contributed by atoms with van der Waals surface area (Å²) >= 11 is 0. The number of hydrogen-bond acceptors (Lipinski definition) is 2. The standard InChI is InChI=1S/C22H32N2O2/c1-5-19(22(25)23-13-12-15(2)3)24-20-9-7-6-8-17(20)18-11-10-16(26-4)14-21(18)24/h10-11,14-15,19H,5-9,12-13H2,1-4H3,(H,23,25). The van der Waals surface area contributed by atoms with Crippen LogP contribution in [0.2, 0.25) is 0 Å². The maximum Gasteiger partial charge on any atom is 0.243 e. The summed E-state index contributed by atoms with van der Waals surface area (Å²) in [7, 11) is 1.70. The van der Waals surface area contributed by atoms with E-state index < -0.39 is 0 Å². The first-order valence-corrected chi connectivity index (χ1v) is 10.0. The Bertz CT molecular complexity index is 776. The SMILES string of the molecule is CCC(C(=O)NCCC(C)C)n1c2c(c3ccc(OC)cc31)CCCC2. The molecule has 1 aromatic heterocycles. The Balaban J connectivity index is 2.02. The molecule has 26 heavy (non-hydrogen) atoms. The molecular weight excluding hydrogens is 324 g/mol. The van der Waals surface area contributed by atoms with E-state index in [-0.39, 0.29) is 11.9 Å². The van der Waals surface area contributed by atoms with Gasteiger partial charge in [0, 0.05) is 23.7 Å². The molecule has 0 radical (unpaired) electrons. The van der Waals surface area contributed by atoms with E-state index in [0.717, 1.165) is 43.5 Å². The highest BCUT2D eigenvalue weighted by Gasteiger charge is 2.27. The first-order chi connectivity index (χ1) is 12.6. The van der Waals surface area contributed by atoms with Gasteiger partial charge in [-0.05, 0) is 62.1 Å². The number of aromatic nitrogens is 1. The summed E-state index contributed by atoms with van der Waals surface area (Å²) in [6.45, 7) is 7.22. The van der Waals surface area contributed by atoms with Gasteiger partial charge in [0.05, 0.1) is 12.6 Å². The molecule has 0 saturated heterocycles. The largest absolute Gasteiger partial charge is 0.497 e. The molecule has 0 spiro atoms. The number of nitrogens with zero attached hydrogens (tertiary/aromatic N) is 1. The monoisotopic (exact) mass is 356 g/mol. The molecule has 0 aliphatic heterocycles. The lowest BCUT2D eigenvalue weighted by molar-refractivity contribution is -0.124. The summed E-state index contributed by atoms with van der Waals surface area (Å²) in [4.78, 5) is 13.0. The highest BCUT2D eigenvalue weighted by molar-refractivity contribution is 5.90. The van der Waals surface area contributed by atoms with Crippen LogP contribution in [-0.4, -0.2) is 24.1 Å². The first-order valence-electron chi connectivity index (χ1n) is 10.0. The molecule has 3 rings (SSSR count). The van der Waals surface area contributed by atoms with E-state index in [4.69, 9.17) is 4.74 Å². The molecule has 4 nitrogen and oxygen atoms in total. The minimum atomic E-state index is -0.154. The topological polar surface area (TPSA) is 43.3 Å². The molecular formula is C22H32N2O2. The molecule has 2 aromatic rings. The number of hydrogen-bond donors (Lipinski definition) is 1. The van der Waals surface area contributed by atoms with Crippen LogP contribution in [-0.2, 0) is 17.6 Å². The van der Waals surface area contributed by atoms with Crippen molar-refractivity contribution in [2.45, 2.75) is 65.3 Å². The van der Waals surface area contributed by atoms with Crippen LogP contribution in [0.15, 0.2) is 18.2 Å². The molecule has 0 saturated carbocycles. The van der Waals surface area contributed by atoms with Gasteiger partial charge in [-0.15, -0.1) is 0 Å². The third-order valence-electron chi connectivity index (χ3n) is 5.54. The average Bonchev–Trinajstić information content (AvgIpc) is 2.96. The molecule has 1 atom stereocenters. The fraction of sp³-hybridized carbons (Fsp3) is 0.591. The van der Waals surface area contributed by atoms with Gasteiger partial charge in [0.25, 0.3) is 0 Å². The van der Waals surface area contributed by atoms with Crippen LogP contribution in [0.4, 0.5) is 0 Å². The van der Waals surface area contributed by atoms with E-state index in [1.54, 1.807) is 7.11 Å². The van der Waals surface area contributed by atoms with Crippen molar-refractivity contribution in [3.05, 3.63) is 29.5 Å². The van der Waals surface area contributed by atoms with Crippen molar-refractivity contribution in [2.75, 3.05) is 13.7 Å². The summed E-state index contributed by atoms with van der Waals surface area (Å²) in [6.07, 6.45) is 6.40. The number of aryl methyl sites for hydroxylation is 1. The van der Waals surface area contributed by atoms with Crippen molar-refractivity contribution in [1.82, 2.24) is 9.88 Å². The van der Waals surface area contributed by atoms with Crippen LogP contribution in [0, 0.1) is 5.92 Å². The second kappa shape index (κ2) is 8.15. The Labute approximate surface area is 156 Å². The summed E-state index contributed by atoms with van der Waals surface area (Å²) in [5.41, 5.74) is 3.93. The quantitative estimate of drug-likeness (QED) is 0.785. The highest BCUT2D eigenvalue weighted by atomic mass is 16.5. The van der Waals surface area contributed by atoms with E-state index in [1.807, 2.05) is 6.07 Å². The summed E-state index contributed by atoms with van der Waals surface area (Å²) < 4.78 is 7.76. The number of amides is 1. The van der Waals surface area contributed by atoms with Gasteiger partial charge in [-0.3, -0.25) is 4.79 Å². The number of rotatable bonds is 7. The zero-order chi connectivity index (χ0) is 18.7. The summed E-state index contributed by atoms with van der Waals surface area (Å²) in [6, 6.07) is 6.14. The second-order valence-electron chi connectivity index (χ2n) is 7.78. The van der Waals surface area contributed by atoms with Gasteiger partial charge in [-0.25, -0.2) is 0 Å². The van der Waals surface area contributed by atoms with Crippen LogP contribution >= 0.6 is 0 Å². The minimum absolute atomic E-state index is 0.140. The Kier molecular flexibility index (Phi) is 5.90. The van der Waals surface area contributed by atoms with Gasteiger partial charge in [0.1, 0.15) is 11.8 Å². The number of benzene rings is 1. The van der Waals surface area contributed by atoms with Crippen molar-refractivity contribution in [1.29, 1.82) is 0 Å². The van der Waals surface area contributed by atoms with E-state index in [1.165, 1.54) is 29.5 Å². The average molecular weight is 357 g/mol. The number of methoxy groups -OCH3 is 1. The molecule has 4 heteroatoms. The van der Waals surface area contributed by atoms with E-state index in [0.29, 0.717) is 5.92 Å². The third kappa shape index (κ3) is 3.60. The Morgan fingerprint density at radius 3 is 2.73 bits per heavy atom. The number of fused-ring (bicyclic) bond motifs is 3. The molecule has 1 aliphatic rings. The summed E-state index contributed by atoms with van der Waals surface area (Å²) in [5, 5.41) is 4.45. The van der Waals surface area contributed by atoms with Crippen molar-refractivity contribution >= 4 is 16.8 Å². The number of carbonyl (C=O) groups is 1. The Morgan fingerprint density at radius 2 is 2.04 bits per heavy atom. The first kappa shape index (κ1) is 18.8. The highest BCUT2D eigenvalue weighted by Crippen LogP contribution is 2.37. The minimum Gasteiger partial charge on any atom is -0.497 e. The lowest BCUT2D eigenvalue weighted by Gasteiger charge is -2.23. The Hall–Kier alpha value is -1.97. The fourth-order valence-corrected chi connectivity index (χ4v) is 4.13. The number of carbonyl (C=O) groups excluding carboxylic acids is 1. The van der Waals surface area contributed by atoms with Crippen LogP contribution in [0.25, 0.3) is 10.9 Å². The molecule has 0 bridgehead atoms. The molecule has 142 valence electrons. The summed E-state index contributed by atoms with van der Waals surface area (Å²) in [5.74, 6) is 1.59. The molecule has 1 unspecified atom stereocenters. The maximum absolute atomic E-state index is 13.0. The van der Waals surface area contributed by atoms with Crippen LogP contribution in [0.3, 0.4) is 0 Å². The van der Waals surface area contributed by atoms with E-state index in [9.17, 15) is 4.79 Å². The van der Waals surface area contributed by atoms with Gasteiger partial charge in [0.2, 0.25) is 5.91 Å². The number of ether oxygens (including phenoxy) is 1. The van der Waals surface area contributed by atoms with Gasteiger partial charge in [-0.2, -0.15) is 0 Å². The third-order valence-corrected chi connectivity index (χ3v) is 5.54. The van der Waals surface area contributed by atoms with E-state index >= 15 is 0 Å². The van der Waals surface area contributed by atoms with Crippen LogP contribution < -0.4 is 10.1 Å². The van der Waals surface area contributed by atoms with Crippen LogP contribution in [0.1, 0.15) is 63.8 Å². The Morgan fingerprint density at radius 1 is 1.27 bits per heavy atom. The molecule has 1 aromatic carbocycles. The van der Waals surface area contributed by atoms with Crippen molar-refractivity contribution in [3.8, 4) is 5.75 Å². The lowest BCUT2D eigenvalue weighted by atomic mass is 9.95. The maximum atomic E-state index is 13.0. The molecule has 1 amide bonds. The zero-order valence-corrected chi connectivity index (χ0v) is 16.6. The van der Waals surface area contributed by atoms with Crippen molar-refractivity contribution < 1.29 is 9.53 Å².